The molecule has 16 heavy (non-hydrogen) atoms. The number of halogens is 2. The quantitative estimate of drug-likeness (QED) is 0.670. The fraction of sp³-hybridized carbons (Fsp3) is 0.900. The van der Waals surface area contributed by atoms with Crippen LogP contribution in [0.1, 0.15) is 12.8 Å². The van der Waals surface area contributed by atoms with Crippen LogP contribution in [0.2, 0.25) is 0 Å². The van der Waals surface area contributed by atoms with Gasteiger partial charge in [-0.05, 0) is 6.42 Å². The molecule has 0 spiro atoms. The zero-order valence-electron chi connectivity index (χ0n) is 9.22. The number of alkyl halides is 2. The minimum absolute atomic E-state index is 0.0989. The fourth-order valence-electron chi connectivity index (χ4n) is 2.19. The number of piperidine rings is 1. The molecule has 0 radical (unpaired) electrons. The smallest absolute Gasteiger partial charge is 0.320 e. The summed E-state index contributed by atoms with van der Waals surface area (Å²) in [6.45, 7) is 2.75. The van der Waals surface area contributed by atoms with Crippen molar-refractivity contribution in [2.75, 3.05) is 39.3 Å². The van der Waals surface area contributed by atoms with Crippen LogP contribution in [0.15, 0.2) is 0 Å². The number of hydrogen-bond acceptors (Lipinski definition) is 2. The maximum atomic E-state index is 13.2. The van der Waals surface area contributed by atoms with Crippen molar-refractivity contribution in [2.45, 2.75) is 18.8 Å². The van der Waals surface area contributed by atoms with E-state index in [1.807, 2.05) is 0 Å². The number of hydrogen-bond donors (Lipinski definition) is 1. The highest BCUT2D eigenvalue weighted by molar-refractivity contribution is 5.74. The van der Waals surface area contributed by atoms with Crippen LogP contribution < -0.4 is 5.32 Å². The van der Waals surface area contributed by atoms with E-state index >= 15 is 0 Å². The minimum Gasteiger partial charge on any atom is -0.322 e. The van der Waals surface area contributed by atoms with Gasteiger partial charge in [0.2, 0.25) is 0 Å². The average Bonchev–Trinajstić information content (AvgIpc) is 2.28. The highest BCUT2D eigenvalue weighted by Crippen LogP contribution is 2.27. The number of urea groups is 1. The number of piperazine rings is 1. The Labute approximate surface area is 93.6 Å². The Morgan fingerprint density at radius 3 is 2.44 bits per heavy atom. The molecule has 2 heterocycles. The number of carbonyl (C=O) groups is 1. The van der Waals surface area contributed by atoms with Gasteiger partial charge in [-0.15, -0.1) is 0 Å². The number of rotatable bonds is 0. The van der Waals surface area contributed by atoms with Gasteiger partial charge in [-0.25, -0.2) is 13.6 Å². The van der Waals surface area contributed by atoms with Gasteiger partial charge in [-0.1, -0.05) is 0 Å². The summed E-state index contributed by atoms with van der Waals surface area (Å²) in [4.78, 5) is 14.9. The van der Waals surface area contributed by atoms with Crippen molar-refractivity contribution >= 4 is 6.03 Å². The third-order valence-corrected chi connectivity index (χ3v) is 3.05. The normalized spacial score (nSPS) is 25.6. The zero-order valence-corrected chi connectivity index (χ0v) is 9.22. The molecule has 2 fully saturated rings. The highest BCUT2D eigenvalue weighted by atomic mass is 19.3. The van der Waals surface area contributed by atoms with E-state index in [2.05, 4.69) is 5.32 Å². The summed E-state index contributed by atoms with van der Waals surface area (Å²) in [7, 11) is 0. The first kappa shape index (κ1) is 11.6. The molecule has 0 aromatic heterocycles. The maximum absolute atomic E-state index is 13.2. The van der Waals surface area contributed by atoms with Crippen LogP contribution in [0.25, 0.3) is 0 Å². The summed E-state index contributed by atoms with van der Waals surface area (Å²) in [6.07, 6.45) is 0.295. The topological polar surface area (TPSA) is 35.6 Å². The van der Waals surface area contributed by atoms with Crippen LogP contribution >= 0.6 is 0 Å². The van der Waals surface area contributed by atoms with Gasteiger partial charge in [0.15, 0.2) is 0 Å². The van der Waals surface area contributed by atoms with E-state index < -0.39 is 12.5 Å². The Morgan fingerprint density at radius 2 is 1.81 bits per heavy atom. The molecule has 0 unspecified atom stereocenters. The van der Waals surface area contributed by atoms with E-state index in [-0.39, 0.29) is 12.5 Å². The largest absolute Gasteiger partial charge is 0.322 e. The summed E-state index contributed by atoms with van der Waals surface area (Å²) in [5.74, 6) is -2.71. The molecule has 0 aromatic carbocycles. The molecule has 4 nitrogen and oxygen atoms in total. The zero-order chi connectivity index (χ0) is 11.6. The van der Waals surface area contributed by atoms with E-state index in [0.717, 1.165) is 13.1 Å². The van der Waals surface area contributed by atoms with Crippen molar-refractivity contribution in [3.8, 4) is 0 Å². The van der Waals surface area contributed by atoms with Crippen LogP contribution in [-0.2, 0) is 0 Å². The van der Waals surface area contributed by atoms with Crippen LogP contribution in [-0.4, -0.2) is 61.0 Å². The van der Waals surface area contributed by atoms with E-state index in [1.54, 1.807) is 4.90 Å². The van der Waals surface area contributed by atoms with Crippen molar-refractivity contribution in [3.63, 3.8) is 0 Å². The molecule has 6 heteroatoms. The first-order valence-electron chi connectivity index (χ1n) is 5.71. The van der Waals surface area contributed by atoms with Crippen molar-refractivity contribution in [1.29, 1.82) is 0 Å². The third-order valence-electron chi connectivity index (χ3n) is 3.05. The number of amides is 2. The molecule has 2 aliphatic heterocycles. The molecule has 0 saturated carbocycles. The molecule has 1 N–H and O–H groups in total. The second kappa shape index (κ2) is 4.53. The molecule has 2 amide bonds. The van der Waals surface area contributed by atoms with Crippen LogP contribution in [0.5, 0.6) is 0 Å². The van der Waals surface area contributed by atoms with Crippen LogP contribution in [0, 0.1) is 0 Å². The summed E-state index contributed by atoms with van der Waals surface area (Å²) in [5, 5.41) is 3.13. The minimum atomic E-state index is -2.71. The number of nitrogens with zero attached hydrogens (tertiary/aromatic N) is 2. The summed E-state index contributed by atoms with van der Waals surface area (Å²) < 4.78 is 26.3. The highest BCUT2D eigenvalue weighted by Gasteiger charge is 2.38. The Kier molecular flexibility index (Phi) is 3.28. The Hall–Kier alpha value is -0.910. The molecule has 0 aliphatic carbocycles. The van der Waals surface area contributed by atoms with Gasteiger partial charge >= 0.3 is 6.03 Å². The van der Waals surface area contributed by atoms with Crippen molar-refractivity contribution in [1.82, 2.24) is 15.1 Å². The third kappa shape index (κ3) is 2.61. The van der Waals surface area contributed by atoms with Gasteiger partial charge in [-0.3, -0.25) is 0 Å². The maximum Gasteiger partial charge on any atom is 0.320 e. The lowest BCUT2D eigenvalue weighted by molar-refractivity contribution is -0.0557. The van der Waals surface area contributed by atoms with Crippen molar-refractivity contribution in [3.05, 3.63) is 0 Å². The van der Waals surface area contributed by atoms with Crippen molar-refractivity contribution in [2.24, 2.45) is 0 Å². The summed E-state index contributed by atoms with van der Waals surface area (Å²) in [6, 6.07) is -0.235. The van der Waals surface area contributed by atoms with Gasteiger partial charge < -0.3 is 15.1 Å². The lowest BCUT2D eigenvalue weighted by Gasteiger charge is -2.37. The van der Waals surface area contributed by atoms with Crippen LogP contribution in [0.4, 0.5) is 13.6 Å². The lowest BCUT2D eigenvalue weighted by atomic mass is 10.1. The first-order chi connectivity index (χ1) is 7.58. The van der Waals surface area contributed by atoms with Gasteiger partial charge in [0.1, 0.15) is 0 Å². The van der Waals surface area contributed by atoms with Crippen molar-refractivity contribution < 1.29 is 13.6 Å². The predicted molar refractivity (Wildman–Crippen MR) is 55.6 cm³/mol. The van der Waals surface area contributed by atoms with Gasteiger partial charge in [0.25, 0.3) is 5.92 Å². The molecule has 0 atom stereocenters. The molecule has 0 bridgehead atoms. The summed E-state index contributed by atoms with van der Waals surface area (Å²) >= 11 is 0. The second-order valence-corrected chi connectivity index (χ2v) is 4.40. The average molecular weight is 233 g/mol. The molecule has 92 valence electrons. The lowest BCUT2D eigenvalue weighted by Crippen LogP contribution is -2.55. The first-order valence-corrected chi connectivity index (χ1v) is 5.71. The Morgan fingerprint density at radius 1 is 1.12 bits per heavy atom. The molecule has 2 saturated heterocycles. The molecular formula is C10H17F2N3O. The monoisotopic (exact) mass is 233 g/mol. The predicted octanol–water partition coefficient (Wildman–Crippen LogP) is 0.743. The van der Waals surface area contributed by atoms with E-state index in [4.69, 9.17) is 0 Å². The fourth-order valence-corrected chi connectivity index (χ4v) is 2.19. The van der Waals surface area contributed by atoms with E-state index in [0.29, 0.717) is 26.1 Å². The molecule has 0 aromatic rings. The van der Waals surface area contributed by atoms with Gasteiger partial charge in [-0.2, -0.15) is 0 Å². The van der Waals surface area contributed by atoms with Gasteiger partial charge in [0, 0.05) is 39.1 Å². The molecular weight excluding hydrogens is 216 g/mol. The SMILES string of the molecule is O=C(N1CCNCC1)N1CCCC(F)(F)C1. The number of nitrogens with one attached hydrogen (secondary N) is 1. The molecule has 2 rings (SSSR count). The van der Waals surface area contributed by atoms with Crippen LogP contribution in [0.3, 0.4) is 0 Å². The number of likely N-dealkylation sites (tertiary alicyclic amines) is 1. The van der Waals surface area contributed by atoms with E-state index in [9.17, 15) is 13.6 Å². The van der Waals surface area contributed by atoms with Gasteiger partial charge in [0.05, 0.1) is 6.54 Å². The molecule has 2 aliphatic rings. The number of carbonyl (C=O) groups excluding carboxylic acids is 1. The van der Waals surface area contributed by atoms with E-state index in [1.165, 1.54) is 4.90 Å². The summed E-state index contributed by atoms with van der Waals surface area (Å²) in [5.41, 5.74) is 0. The second-order valence-electron chi connectivity index (χ2n) is 4.40. The standard InChI is InChI=1S/C10H17F2N3O/c11-10(12)2-1-5-15(8-10)9(16)14-6-3-13-4-7-14/h13H,1-8H2. The Balaban J connectivity index is 1.93. The Bertz CT molecular complexity index is 267.